The van der Waals surface area contributed by atoms with Gasteiger partial charge < -0.3 is 17.5 Å². The van der Waals surface area contributed by atoms with E-state index in [1.807, 2.05) is 27.7 Å². The molecule has 0 aliphatic heterocycles. The summed E-state index contributed by atoms with van der Waals surface area (Å²) >= 11 is 1.09. The van der Waals surface area contributed by atoms with Crippen molar-refractivity contribution >= 4 is 23.3 Å². The summed E-state index contributed by atoms with van der Waals surface area (Å²) in [7, 11) is 0. The van der Waals surface area contributed by atoms with Crippen LogP contribution in [0.3, 0.4) is 0 Å². The van der Waals surface area contributed by atoms with E-state index in [9.17, 15) is 9.59 Å². The van der Waals surface area contributed by atoms with Crippen molar-refractivity contribution in [1.82, 2.24) is 0 Å². The van der Waals surface area contributed by atoms with Crippen LogP contribution in [0.25, 0.3) is 5.73 Å². The normalized spacial score (nSPS) is 15.0. The summed E-state index contributed by atoms with van der Waals surface area (Å²) in [4.78, 5) is 23.8. The number of ketones is 2. The molecule has 112 valence electrons. The van der Waals surface area contributed by atoms with Gasteiger partial charge in [0.05, 0.1) is 0 Å². The van der Waals surface area contributed by atoms with E-state index in [1.165, 1.54) is 6.08 Å². The monoisotopic (exact) mass is 496 g/mol. The Morgan fingerprint density at radius 1 is 1.14 bits per heavy atom. The number of hydrogen-bond donors (Lipinski definition) is 0. The molecule has 0 fully saturated rings. The molecular weight excluding hydrogens is 475 g/mol. The van der Waals surface area contributed by atoms with Crippen LogP contribution in [0.5, 0.6) is 0 Å². The molecule has 1 rings (SSSR count). The number of allylic oxidation sites excluding steroid dienone is 4. The van der Waals surface area contributed by atoms with Crippen molar-refractivity contribution in [2.45, 2.75) is 34.1 Å². The summed E-state index contributed by atoms with van der Waals surface area (Å²) in [5.41, 5.74) is 8.05. The van der Waals surface area contributed by atoms with Crippen molar-refractivity contribution in [3.63, 3.8) is 0 Å². The second-order valence-corrected chi connectivity index (χ2v) is 7.01. The molecule has 0 amide bonds. The SMILES string of the molecule is [CH2-]SC1=C(C(C)(C)CC(C)(C)C[NH-])C=CC(=O)C1=O.[K+].[Y].[Y]. The fraction of sp³-hybridized carbons (Fsp3) is 0.533. The second kappa shape index (κ2) is 12.4. The quantitative estimate of drug-likeness (QED) is 0.247. The molecule has 1 N–H and O–H groups in total. The van der Waals surface area contributed by atoms with Gasteiger partial charge in [0.25, 0.3) is 0 Å². The van der Waals surface area contributed by atoms with Crippen LogP contribution in [0.1, 0.15) is 34.1 Å². The van der Waals surface area contributed by atoms with Crippen molar-refractivity contribution < 1.29 is 126 Å². The van der Waals surface area contributed by atoms with Gasteiger partial charge in [-0.1, -0.05) is 39.2 Å². The summed E-state index contributed by atoms with van der Waals surface area (Å²) in [6.45, 7) is 8.50. The number of nitrogens with one attached hydrogen (secondary N) is 1. The van der Waals surface area contributed by atoms with Crippen LogP contribution in [0, 0.1) is 17.1 Å². The molecule has 1 aliphatic carbocycles. The molecule has 1 aliphatic rings. The molecule has 7 heteroatoms. The first-order valence-corrected chi connectivity index (χ1v) is 7.21. The third-order valence-electron chi connectivity index (χ3n) is 3.35. The van der Waals surface area contributed by atoms with E-state index < -0.39 is 11.6 Å². The molecule has 22 heavy (non-hydrogen) atoms. The van der Waals surface area contributed by atoms with Crippen LogP contribution in [-0.4, -0.2) is 18.1 Å². The minimum atomic E-state index is -0.481. The van der Waals surface area contributed by atoms with E-state index in [-0.39, 0.29) is 128 Å². The first-order valence-electron chi connectivity index (χ1n) is 6.23. The van der Waals surface area contributed by atoms with E-state index in [1.54, 1.807) is 6.08 Å². The van der Waals surface area contributed by atoms with Gasteiger partial charge in [0.2, 0.25) is 11.6 Å². The summed E-state index contributed by atoms with van der Waals surface area (Å²) in [5.74, 6) is -0.945. The molecule has 3 nitrogen and oxygen atoms in total. The maximum atomic E-state index is 11.9. The number of hydrogen-bond acceptors (Lipinski definition) is 3. The van der Waals surface area contributed by atoms with Gasteiger partial charge in [-0.15, -0.1) is 6.54 Å². The molecule has 2 radical (unpaired) electrons. The van der Waals surface area contributed by atoms with E-state index in [0.29, 0.717) is 11.4 Å². The van der Waals surface area contributed by atoms with Gasteiger partial charge in [0.1, 0.15) is 0 Å². The van der Waals surface area contributed by atoms with Gasteiger partial charge in [-0.3, -0.25) is 15.8 Å². The van der Waals surface area contributed by atoms with Crippen LogP contribution in [-0.2, 0) is 75.0 Å². The van der Waals surface area contributed by atoms with Crippen molar-refractivity contribution in [2.75, 3.05) is 6.54 Å². The zero-order valence-corrected chi connectivity index (χ0v) is 23.8. The van der Waals surface area contributed by atoms with E-state index in [0.717, 1.165) is 23.8 Å². The van der Waals surface area contributed by atoms with Crippen molar-refractivity contribution in [3.05, 3.63) is 34.6 Å². The number of Topliss-reactive ketones (excluding diaryl/α,β-unsaturated/α-hetero) is 1. The van der Waals surface area contributed by atoms with Crippen LogP contribution >= 0.6 is 11.8 Å². The van der Waals surface area contributed by atoms with E-state index in [4.69, 9.17) is 5.73 Å². The van der Waals surface area contributed by atoms with Gasteiger partial charge in [0, 0.05) is 70.3 Å². The van der Waals surface area contributed by atoms with Gasteiger partial charge in [-0.05, 0) is 23.5 Å². The average Bonchev–Trinajstić information content (AvgIpc) is 2.31. The Bertz CT molecular complexity index is 474. The van der Waals surface area contributed by atoms with Gasteiger partial charge in [0.15, 0.2) is 0 Å². The van der Waals surface area contributed by atoms with E-state index >= 15 is 0 Å². The van der Waals surface area contributed by atoms with Crippen LogP contribution in [0.4, 0.5) is 0 Å². The summed E-state index contributed by atoms with van der Waals surface area (Å²) in [6, 6.07) is 0. The molecule has 0 heterocycles. The number of carbonyl (C=O) groups excluding carboxylic acids is 2. The second-order valence-electron chi connectivity index (χ2n) is 6.32. The Labute approximate surface area is 231 Å². The molecule has 0 bridgehead atoms. The predicted molar refractivity (Wildman–Crippen MR) is 80.5 cm³/mol. The summed E-state index contributed by atoms with van der Waals surface area (Å²) < 4.78 is 0. The third kappa shape index (κ3) is 8.11. The smallest absolute Gasteiger partial charge is 0.677 e. The van der Waals surface area contributed by atoms with Crippen LogP contribution in [0.15, 0.2) is 22.6 Å². The molecule has 0 atom stereocenters. The van der Waals surface area contributed by atoms with Gasteiger partial charge in [-0.2, -0.15) is 0 Å². The van der Waals surface area contributed by atoms with Crippen molar-refractivity contribution in [3.8, 4) is 0 Å². The zero-order chi connectivity index (χ0) is 14.8. The number of carbonyl (C=O) groups is 2. The first kappa shape index (κ1) is 29.7. The largest absolute Gasteiger partial charge is 1.00 e. The van der Waals surface area contributed by atoms with E-state index in [2.05, 4.69) is 6.26 Å². The van der Waals surface area contributed by atoms with Crippen molar-refractivity contribution in [1.29, 1.82) is 0 Å². The fourth-order valence-corrected chi connectivity index (χ4v) is 3.31. The summed E-state index contributed by atoms with van der Waals surface area (Å²) in [5, 5.41) is 0. The minimum Gasteiger partial charge on any atom is -0.677 e. The molecule has 0 saturated carbocycles. The Morgan fingerprint density at radius 3 is 2.05 bits per heavy atom. The number of rotatable bonds is 5. The first-order chi connectivity index (χ1) is 8.64. The topological polar surface area (TPSA) is 57.9 Å². The van der Waals surface area contributed by atoms with Gasteiger partial charge in [-0.25, -0.2) is 0 Å². The van der Waals surface area contributed by atoms with Gasteiger partial charge >= 0.3 is 51.4 Å². The maximum absolute atomic E-state index is 11.9. The minimum absolute atomic E-state index is 0. The molecule has 0 unspecified atom stereocenters. The molecule has 0 aromatic carbocycles. The Hall–Kier alpha value is 2.97. The fourth-order valence-electron chi connectivity index (χ4n) is 2.57. The standard InChI is InChI=1S/C15H21NO2S.K.2Y/c1-14(2,9-16)8-15(3,4)10-6-7-11(17)12(18)13(10)19-5;;;/h6-7,16H,5,8-9H2,1-4H3;;;/q-2;+1;;. The summed E-state index contributed by atoms with van der Waals surface area (Å²) in [6.07, 6.45) is 7.54. The third-order valence-corrected chi connectivity index (χ3v) is 4.04. The molecule has 0 spiro atoms. The Kier molecular flexibility index (Phi) is 16.7. The average molecular weight is 496 g/mol. The molecule has 0 aromatic heterocycles. The van der Waals surface area contributed by atoms with Crippen molar-refractivity contribution in [2.24, 2.45) is 10.8 Å². The molecule has 0 aromatic rings. The van der Waals surface area contributed by atoms with Crippen LogP contribution in [0.2, 0.25) is 0 Å². The number of thioether (sulfide) groups is 1. The Balaban J connectivity index is -0.00000120. The van der Waals surface area contributed by atoms with Crippen LogP contribution < -0.4 is 51.4 Å². The maximum Gasteiger partial charge on any atom is 1.00 e. The zero-order valence-electron chi connectivity index (χ0n) is 14.2. The predicted octanol–water partition coefficient (Wildman–Crippen LogP) is 0.967. The Morgan fingerprint density at radius 2 is 1.64 bits per heavy atom. The molecular formula is C15H21KNO2SY2-. The molecule has 0 saturated heterocycles.